The Balaban J connectivity index is 1.97. The predicted octanol–water partition coefficient (Wildman–Crippen LogP) is 4.54. The van der Waals surface area contributed by atoms with Gasteiger partial charge in [-0.15, -0.1) is 11.8 Å². The lowest BCUT2D eigenvalue weighted by molar-refractivity contribution is -0.138. The highest BCUT2D eigenvalue weighted by atomic mass is 32.2. The van der Waals surface area contributed by atoms with E-state index in [-0.39, 0.29) is 16.5 Å². The minimum absolute atomic E-state index is 0.0871. The van der Waals surface area contributed by atoms with E-state index in [1.165, 1.54) is 0 Å². The topological polar surface area (TPSA) is 49.6 Å². The number of hydrogen-bond donors (Lipinski definition) is 0. The number of alkyl halides is 3. The Morgan fingerprint density at radius 3 is 2.52 bits per heavy atom. The number of hydrogen-bond acceptors (Lipinski definition) is 4. The lowest BCUT2D eigenvalue weighted by Crippen LogP contribution is -2.11. The van der Waals surface area contributed by atoms with Crippen molar-refractivity contribution in [2.45, 2.75) is 35.7 Å². The molecule has 1 aliphatic carbocycles. The molecule has 0 bridgehead atoms. The van der Waals surface area contributed by atoms with Crippen LogP contribution in [0.2, 0.25) is 0 Å². The maximum absolute atomic E-state index is 13.2. The molecule has 2 aromatic heterocycles. The molecule has 0 N–H and O–H groups in total. The molecular formula is C16H12F3N3S. The van der Waals surface area contributed by atoms with Crippen molar-refractivity contribution in [3.05, 3.63) is 53.0 Å². The average molecular weight is 335 g/mol. The van der Waals surface area contributed by atoms with Crippen LogP contribution in [0.25, 0.3) is 0 Å². The molecule has 0 unspecified atom stereocenters. The standard InChI is InChI=1S/C16H12F3N3S/c17-16(18,19)13-7-14(11-1-2-11)22-15(12(13)8-20)23-9-10-3-5-21-6-4-10/h3-7,11H,1-2,9H2. The summed E-state index contributed by atoms with van der Waals surface area (Å²) in [6.45, 7) is 0. The molecule has 1 aliphatic rings. The SMILES string of the molecule is N#Cc1c(C(F)(F)F)cc(C2CC2)nc1SCc1ccncc1. The molecule has 3 rings (SSSR count). The first kappa shape index (κ1) is 15.8. The quantitative estimate of drug-likeness (QED) is 0.770. The lowest BCUT2D eigenvalue weighted by Gasteiger charge is -2.14. The fraction of sp³-hybridized carbons (Fsp3) is 0.312. The molecule has 1 fully saturated rings. The molecule has 3 nitrogen and oxygen atoms in total. The molecular weight excluding hydrogens is 323 g/mol. The van der Waals surface area contributed by atoms with Gasteiger partial charge < -0.3 is 0 Å². The van der Waals surface area contributed by atoms with E-state index in [4.69, 9.17) is 0 Å². The Labute approximate surface area is 135 Å². The Morgan fingerprint density at radius 1 is 1.26 bits per heavy atom. The van der Waals surface area contributed by atoms with Crippen LogP contribution in [0.1, 0.15) is 41.1 Å². The van der Waals surface area contributed by atoms with Gasteiger partial charge in [0.15, 0.2) is 0 Å². The normalized spacial score (nSPS) is 14.5. The molecule has 1 saturated carbocycles. The maximum Gasteiger partial charge on any atom is 0.417 e. The van der Waals surface area contributed by atoms with Gasteiger partial charge in [-0.3, -0.25) is 4.98 Å². The Kier molecular flexibility index (Phi) is 4.26. The predicted molar refractivity (Wildman–Crippen MR) is 79.7 cm³/mol. The van der Waals surface area contributed by atoms with Crippen LogP contribution >= 0.6 is 11.8 Å². The molecule has 0 radical (unpaired) electrons. The second kappa shape index (κ2) is 6.20. The van der Waals surface area contributed by atoms with Gasteiger partial charge in [0.2, 0.25) is 0 Å². The minimum atomic E-state index is -4.55. The van der Waals surface area contributed by atoms with Crippen molar-refractivity contribution in [1.29, 1.82) is 5.26 Å². The van der Waals surface area contributed by atoms with Crippen LogP contribution in [-0.2, 0) is 11.9 Å². The number of halogens is 3. The number of nitriles is 1. The highest BCUT2D eigenvalue weighted by molar-refractivity contribution is 7.98. The third-order valence-electron chi connectivity index (χ3n) is 3.54. The van der Waals surface area contributed by atoms with Crippen molar-refractivity contribution in [3.63, 3.8) is 0 Å². The van der Waals surface area contributed by atoms with Crippen LogP contribution in [0, 0.1) is 11.3 Å². The van der Waals surface area contributed by atoms with E-state index in [2.05, 4.69) is 9.97 Å². The van der Waals surface area contributed by atoms with Gasteiger partial charge in [0.1, 0.15) is 11.1 Å². The van der Waals surface area contributed by atoms with Crippen molar-refractivity contribution in [1.82, 2.24) is 9.97 Å². The molecule has 0 amide bonds. The van der Waals surface area contributed by atoms with Gasteiger partial charge in [-0.05, 0) is 36.6 Å². The van der Waals surface area contributed by atoms with Gasteiger partial charge in [0, 0.05) is 29.8 Å². The fourth-order valence-corrected chi connectivity index (χ4v) is 3.16. The van der Waals surface area contributed by atoms with Gasteiger partial charge in [-0.25, -0.2) is 4.98 Å². The Hall–Kier alpha value is -2.07. The smallest absolute Gasteiger partial charge is 0.265 e. The summed E-state index contributed by atoms with van der Waals surface area (Å²) < 4.78 is 39.7. The van der Waals surface area contributed by atoms with Gasteiger partial charge >= 0.3 is 6.18 Å². The van der Waals surface area contributed by atoms with Crippen molar-refractivity contribution >= 4 is 11.8 Å². The molecule has 2 heterocycles. The minimum Gasteiger partial charge on any atom is -0.265 e. The highest BCUT2D eigenvalue weighted by Crippen LogP contribution is 2.43. The van der Waals surface area contributed by atoms with Crippen molar-refractivity contribution in [2.75, 3.05) is 0 Å². The summed E-state index contributed by atoms with van der Waals surface area (Å²) in [7, 11) is 0. The van der Waals surface area contributed by atoms with Crippen LogP contribution in [-0.4, -0.2) is 9.97 Å². The molecule has 0 saturated heterocycles. The molecule has 0 spiro atoms. The molecule has 0 aromatic carbocycles. The second-order valence-electron chi connectivity index (χ2n) is 5.30. The van der Waals surface area contributed by atoms with Crippen molar-refractivity contribution < 1.29 is 13.2 Å². The van der Waals surface area contributed by atoms with Gasteiger partial charge in [-0.2, -0.15) is 18.4 Å². The Bertz CT molecular complexity index is 750. The van der Waals surface area contributed by atoms with E-state index in [0.29, 0.717) is 11.4 Å². The summed E-state index contributed by atoms with van der Waals surface area (Å²) in [5, 5.41) is 9.35. The zero-order valence-electron chi connectivity index (χ0n) is 12.0. The summed E-state index contributed by atoms with van der Waals surface area (Å²) in [6.07, 6.45) is 0.394. The summed E-state index contributed by atoms with van der Waals surface area (Å²) in [5.74, 6) is 0.527. The molecule has 118 valence electrons. The van der Waals surface area contributed by atoms with E-state index >= 15 is 0 Å². The van der Waals surface area contributed by atoms with E-state index in [1.54, 1.807) is 30.6 Å². The van der Waals surface area contributed by atoms with Gasteiger partial charge in [0.05, 0.1) is 11.1 Å². The largest absolute Gasteiger partial charge is 0.417 e. The fourth-order valence-electron chi connectivity index (χ4n) is 2.20. The molecule has 23 heavy (non-hydrogen) atoms. The van der Waals surface area contributed by atoms with Crippen LogP contribution < -0.4 is 0 Å². The summed E-state index contributed by atoms with van der Waals surface area (Å²) in [4.78, 5) is 8.22. The Morgan fingerprint density at radius 2 is 1.96 bits per heavy atom. The average Bonchev–Trinajstić information content (AvgIpc) is 3.37. The van der Waals surface area contributed by atoms with Gasteiger partial charge in [-0.1, -0.05) is 0 Å². The zero-order valence-corrected chi connectivity index (χ0v) is 12.8. The van der Waals surface area contributed by atoms with Crippen LogP contribution in [0.15, 0.2) is 35.6 Å². The molecule has 7 heteroatoms. The van der Waals surface area contributed by atoms with E-state index < -0.39 is 11.7 Å². The molecule has 0 aliphatic heterocycles. The molecule has 2 aromatic rings. The number of nitrogens with zero attached hydrogens (tertiary/aromatic N) is 3. The summed E-state index contributed by atoms with van der Waals surface area (Å²) in [6, 6.07) is 6.28. The van der Waals surface area contributed by atoms with Crippen LogP contribution in [0.5, 0.6) is 0 Å². The monoisotopic (exact) mass is 335 g/mol. The van der Waals surface area contributed by atoms with E-state index in [0.717, 1.165) is 36.2 Å². The van der Waals surface area contributed by atoms with E-state index in [1.807, 2.05) is 0 Å². The number of aromatic nitrogens is 2. The lowest BCUT2D eigenvalue weighted by atomic mass is 10.1. The van der Waals surface area contributed by atoms with Crippen molar-refractivity contribution in [2.24, 2.45) is 0 Å². The van der Waals surface area contributed by atoms with Crippen LogP contribution in [0.3, 0.4) is 0 Å². The summed E-state index contributed by atoms with van der Waals surface area (Å²) >= 11 is 1.15. The number of rotatable bonds is 4. The van der Waals surface area contributed by atoms with Crippen molar-refractivity contribution in [3.8, 4) is 6.07 Å². The summed E-state index contributed by atoms with van der Waals surface area (Å²) in [5.41, 5.74) is 0.0877. The third kappa shape index (κ3) is 3.64. The second-order valence-corrected chi connectivity index (χ2v) is 6.27. The first-order valence-corrected chi connectivity index (χ1v) is 8.01. The highest BCUT2D eigenvalue weighted by Gasteiger charge is 2.37. The first-order valence-electron chi connectivity index (χ1n) is 7.03. The molecule has 0 atom stereocenters. The maximum atomic E-state index is 13.2. The van der Waals surface area contributed by atoms with Gasteiger partial charge in [0.25, 0.3) is 0 Å². The van der Waals surface area contributed by atoms with E-state index in [9.17, 15) is 18.4 Å². The number of pyridine rings is 2. The number of thioether (sulfide) groups is 1. The first-order chi connectivity index (χ1) is 11.0. The third-order valence-corrected chi connectivity index (χ3v) is 4.59. The van der Waals surface area contributed by atoms with Crippen LogP contribution in [0.4, 0.5) is 13.2 Å². The zero-order chi connectivity index (χ0) is 16.4.